The molecule has 0 saturated carbocycles. The molecule has 0 fully saturated rings. The van der Waals surface area contributed by atoms with Crippen LogP contribution < -0.4 is 5.32 Å². The van der Waals surface area contributed by atoms with Gasteiger partial charge in [0.1, 0.15) is 11.9 Å². The Kier molecular flexibility index (Phi) is 4.56. The molecule has 0 saturated heterocycles. The summed E-state index contributed by atoms with van der Waals surface area (Å²) in [4.78, 5) is 0. The van der Waals surface area contributed by atoms with Crippen LogP contribution in [0.15, 0.2) is 51.4 Å². The van der Waals surface area contributed by atoms with E-state index in [0.717, 1.165) is 10.2 Å². The zero-order valence-corrected chi connectivity index (χ0v) is 12.9. The molecule has 2 nitrogen and oxygen atoms in total. The number of hydrogen-bond acceptors (Lipinski definition) is 2. The quantitative estimate of drug-likeness (QED) is 0.806. The summed E-state index contributed by atoms with van der Waals surface area (Å²) in [6, 6.07) is 13.4. The summed E-state index contributed by atoms with van der Waals surface area (Å²) < 4.78 is 15.4. The van der Waals surface area contributed by atoms with Crippen LogP contribution in [0.4, 0.5) is 10.1 Å². The van der Waals surface area contributed by atoms with Crippen molar-refractivity contribution in [1.82, 2.24) is 0 Å². The predicted octanol–water partition coefficient (Wildman–Crippen LogP) is 5.03. The predicted molar refractivity (Wildman–Crippen MR) is 80.2 cm³/mol. The summed E-state index contributed by atoms with van der Waals surface area (Å²) in [5.41, 5.74) is 1.09. The van der Waals surface area contributed by atoms with E-state index >= 15 is 0 Å². The molecule has 2 aromatic rings. The molecule has 0 aliphatic carbocycles. The molecule has 1 unspecified atom stereocenters. The molecular formula is C14H9Br2FN2. The summed E-state index contributed by atoms with van der Waals surface area (Å²) >= 11 is 6.53. The molecule has 0 radical (unpaired) electrons. The Balaban J connectivity index is 2.25. The highest BCUT2D eigenvalue weighted by Gasteiger charge is 2.15. The molecule has 5 heteroatoms. The average molecular weight is 384 g/mol. The maximum Gasteiger partial charge on any atom is 0.143 e. The standard InChI is InChI=1S/C14H9Br2FN2/c15-9-1-4-11(5-2-9)19-14(8-18)12-6-3-10(16)7-13(12)17/h1-7,14,19H. The average Bonchev–Trinajstić information content (AvgIpc) is 2.39. The zero-order valence-electron chi connectivity index (χ0n) is 9.70. The van der Waals surface area contributed by atoms with E-state index in [1.54, 1.807) is 12.1 Å². The van der Waals surface area contributed by atoms with Crippen LogP contribution in [0.5, 0.6) is 0 Å². The van der Waals surface area contributed by atoms with Gasteiger partial charge >= 0.3 is 0 Å². The zero-order chi connectivity index (χ0) is 13.8. The van der Waals surface area contributed by atoms with Crippen molar-refractivity contribution in [3.05, 3.63) is 62.8 Å². The number of nitriles is 1. The van der Waals surface area contributed by atoms with Crippen molar-refractivity contribution < 1.29 is 4.39 Å². The molecule has 0 bridgehead atoms. The third kappa shape index (κ3) is 3.55. The Morgan fingerprint density at radius 2 is 1.68 bits per heavy atom. The molecule has 0 spiro atoms. The van der Waals surface area contributed by atoms with E-state index < -0.39 is 11.9 Å². The molecule has 0 aliphatic rings. The third-order valence-corrected chi connectivity index (χ3v) is 3.58. The molecule has 0 amide bonds. The molecule has 1 atom stereocenters. The summed E-state index contributed by atoms with van der Waals surface area (Å²) in [7, 11) is 0. The first-order valence-corrected chi connectivity index (χ1v) is 7.05. The van der Waals surface area contributed by atoms with Crippen molar-refractivity contribution in [2.24, 2.45) is 0 Å². The van der Waals surface area contributed by atoms with Gasteiger partial charge in [-0.25, -0.2) is 4.39 Å². The highest BCUT2D eigenvalue weighted by Crippen LogP contribution is 2.25. The van der Waals surface area contributed by atoms with Gasteiger partial charge in [0.2, 0.25) is 0 Å². The maximum atomic E-state index is 13.8. The Hall–Kier alpha value is -1.38. The smallest absolute Gasteiger partial charge is 0.143 e. The Bertz CT molecular complexity index is 620. The van der Waals surface area contributed by atoms with Gasteiger partial charge in [0.25, 0.3) is 0 Å². The summed E-state index contributed by atoms with van der Waals surface area (Å²) in [5, 5.41) is 12.2. The first-order chi connectivity index (χ1) is 9.10. The fraction of sp³-hybridized carbons (Fsp3) is 0.0714. The van der Waals surface area contributed by atoms with Crippen molar-refractivity contribution in [3.8, 4) is 6.07 Å². The number of nitrogens with zero attached hydrogens (tertiary/aromatic N) is 1. The summed E-state index contributed by atoms with van der Waals surface area (Å²) in [6.45, 7) is 0. The third-order valence-electron chi connectivity index (χ3n) is 2.56. The van der Waals surface area contributed by atoms with Gasteiger partial charge in [0.15, 0.2) is 0 Å². The van der Waals surface area contributed by atoms with Crippen molar-refractivity contribution in [1.29, 1.82) is 5.26 Å². The van der Waals surface area contributed by atoms with Crippen LogP contribution in [0.1, 0.15) is 11.6 Å². The van der Waals surface area contributed by atoms with Crippen LogP contribution in [0.25, 0.3) is 0 Å². The van der Waals surface area contributed by atoms with Gasteiger partial charge < -0.3 is 5.32 Å². The molecule has 2 rings (SSSR count). The molecule has 0 aliphatic heterocycles. The Labute approximate surface area is 127 Å². The molecular weight excluding hydrogens is 375 g/mol. The number of benzene rings is 2. The van der Waals surface area contributed by atoms with Gasteiger partial charge in [0.05, 0.1) is 6.07 Å². The van der Waals surface area contributed by atoms with Gasteiger partial charge in [-0.3, -0.25) is 0 Å². The van der Waals surface area contributed by atoms with Crippen molar-refractivity contribution in [2.45, 2.75) is 6.04 Å². The highest BCUT2D eigenvalue weighted by atomic mass is 79.9. The first-order valence-electron chi connectivity index (χ1n) is 5.47. The van der Waals surface area contributed by atoms with Gasteiger partial charge in [-0.2, -0.15) is 5.26 Å². The number of hydrogen-bond donors (Lipinski definition) is 1. The van der Waals surface area contributed by atoms with Crippen LogP contribution in [0.2, 0.25) is 0 Å². The van der Waals surface area contributed by atoms with Crippen molar-refractivity contribution in [2.75, 3.05) is 5.32 Å². The van der Waals surface area contributed by atoms with E-state index in [2.05, 4.69) is 43.2 Å². The first kappa shape index (κ1) is 14.0. The fourth-order valence-corrected chi connectivity index (χ4v) is 2.23. The second-order valence-electron chi connectivity index (χ2n) is 3.88. The number of anilines is 1. The topological polar surface area (TPSA) is 35.8 Å². The number of nitrogens with one attached hydrogen (secondary N) is 1. The number of rotatable bonds is 3. The van der Waals surface area contributed by atoms with Gasteiger partial charge in [-0.05, 0) is 36.4 Å². The summed E-state index contributed by atoms with van der Waals surface area (Å²) in [6.07, 6.45) is 0. The normalized spacial score (nSPS) is 11.7. The van der Waals surface area contributed by atoms with Crippen LogP contribution in [-0.4, -0.2) is 0 Å². The molecule has 0 aromatic heterocycles. The van der Waals surface area contributed by atoms with Crippen molar-refractivity contribution in [3.63, 3.8) is 0 Å². The lowest BCUT2D eigenvalue weighted by atomic mass is 10.1. The minimum absolute atomic E-state index is 0.327. The second kappa shape index (κ2) is 6.18. The minimum atomic E-state index is -0.728. The van der Waals surface area contributed by atoms with E-state index in [4.69, 9.17) is 0 Å². The molecule has 96 valence electrons. The minimum Gasteiger partial charge on any atom is -0.366 e. The molecule has 0 heterocycles. The van der Waals surface area contributed by atoms with Crippen LogP contribution in [0.3, 0.4) is 0 Å². The van der Waals surface area contributed by atoms with Gasteiger partial charge in [0, 0.05) is 20.2 Å². The fourth-order valence-electron chi connectivity index (χ4n) is 1.63. The van der Waals surface area contributed by atoms with Crippen LogP contribution in [-0.2, 0) is 0 Å². The van der Waals surface area contributed by atoms with Crippen LogP contribution >= 0.6 is 31.9 Å². The lowest BCUT2D eigenvalue weighted by molar-refractivity contribution is 0.606. The van der Waals surface area contributed by atoms with E-state index in [9.17, 15) is 9.65 Å². The molecule has 1 N–H and O–H groups in total. The van der Waals surface area contributed by atoms with E-state index in [1.165, 1.54) is 6.07 Å². The maximum absolute atomic E-state index is 13.8. The second-order valence-corrected chi connectivity index (χ2v) is 5.71. The highest BCUT2D eigenvalue weighted by molar-refractivity contribution is 9.10. The lowest BCUT2D eigenvalue weighted by Crippen LogP contribution is -2.10. The Morgan fingerprint density at radius 1 is 1.05 bits per heavy atom. The summed E-state index contributed by atoms with van der Waals surface area (Å²) in [5.74, 6) is -0.412. The van der Waals surface area contributed by atoms with Crippen LogP contribution in [0, 0.1) is 17.1 Å². The number of halogens is 3. The Morgan fingerprint density at radius 3 is 2.26 bits per heavy atom. The molecule has 19 heavy (non-hydrogen) atoms. The SMILES string of the molecule is N#CC(Nc1ccc(Br)cc1)c1ccc(Br)cc1F. The van der Waals surface area contributed by atoms with Crippen molar-refractivity contribution >= 4 is 37.5 Å². The lowest BCUT2D eigenvalue weighted by Gasteiger charge is -2.14. The van der Waals surface area contributed by atoms with Gasteiger partial charge in [-0.15, -0.1) is 0 Å². The van der Waals surface area contributed by atoms with E-state index in [1.807, 2.05) is 24.3 Å². The van der Waals surface area contributed by atoms with Gasteiger partial charge in [-0.1, -0.05) is 37.9 Å². The largest absolute Gasteiger partial charge is 0.366 e. The monoisotopic (exact) mass is 382 g/mol. The van der Waals surface area contributed by atoms with E-state index in [0.29, 0.717) is 10.0 Å². The van der Waals surface area contributed by atoms with E-state index in [-0.39, 0.29) is 0 Å². The molecule has 2 aromatic carbocycles.